The van der Waals surface area contributed by atoms with Gasteiger partial charge in [-0.15, -0.1) is 0 Å². The molecule has 3 aliphatic carbocycles. The fourth-order valence-corrected chi connectivity index (χ4v) is 5.13. The van der Waals surface area contributed by atoms with Gasteiger partial charge < -0.3 is 0 Å². The van der Waals surface area contributed by atoms with Crippen molar-refractivity contribution in [2.45, 2.75) is 24.7 Å². The molecule has 2 fully saturated rings. The predicted octanol–water partition coefficient (Wildman–Crippen LogP) is 2.68. The Hall–Kier alpha value is -2.75. The van der Waals surface area contributed by atoms with Crippen LogP contribution in [0.2, 0.25) is 0 Å². The molecule has 1 heterocycles. The number of hydrogen-bond donors (Lipinski definition) is 0. The molecule has 0 radical (unpaired) electrons. The van der Waals surface area contributed by atoms with Gasteiger partial charge in [0.05, 0.1) is 17.8 Å². The van der Waals surface area contributed by atoms with Gasteiger partial charge in [-0.05, 0) is 23.1 Å². The highest BCUT2D eigenvalue weighted by molar-refractivity contribution is 6.11. The van der Waals surface area contributed by atoms with Crippen LogP contribution in [-0.4, -0.2) is 29.0 Å². The Morgan fingerprint density at radius 2 is 1.46 bits per heavy atom. The van der Waals surface area contributed by atoms with E-state index in [2.05, 4.69) is 0 Å². The van der Waals surface area contributed by atoms with Crippen LogP contribution >= 0.6 is 0 Å². The second-order valence-electron chi connectivity index (χ2n) is 7.50. The number of likely N-dealkylation sites (tertiary alicyclic amines) is 1. The molecule has 4 atom stereocenters. The molecule has 26 heavy (non-hydrogen) atoms. The molecule has 6 rings (SSSR count). The van der Waals surface area contributed by atoms with Crippen LogP contribution < -0.4 is 0 Å². The van der Waals surface area contributed by atoms with Crippen molar-refractivity contribution >= 4 is 17.6 Å². The normalized spacial score (nSPS) is 29.1. The average molecular weight is 345 g/mol. The van der Waals surface area contributed by atoms with E-state index in [1.807, 2.05) is 54.6 Å². The quantitative estimate of drug-likeness (QED) is 0.804. The SMILES string of the molecule is O=C1C[C@@H]2c3ccccc3[C@H]1[C@@H]1C(=O)N(CCc3ccccc3)C(=O)[C@@H]12. The van der Waals surface area contributed by atoms with Gasteiger partial charge in [0, 0.05) is 18.9 Å². The van der Waals surface area contributed by atoms with Gasteiger partial charge in [0.2, 0.25) is 11.8 Å². The summed E-state index contributed by atoms with van der Waals surface area (Å²) in [5.74, 6) is -1.59. The number of ketones is 1. The minimum atomic E-state index is -0.501. The molecular formula is C22H19NO3. The number of benzene rings is 2. The molecule has 2 amide bonds. The van der Waals surface area contributed by atoms with E-state index in [1.165, 1.54) is 4.90 Å². The fraction of sp³-hybridized carbons (Fsp3) is 0.318. The van der Waals surface area contributed by atoms with Crippen molar-refractivity contribution in [3.05, 3.63) is 71.3 Å². The molecule has 2 aromatic carbocycles. The van der Waals surface area contributed by atoms with E-state index in [4.69, 9.17) is 0 Å². The molecule has 2 aromatic rings. The van der Waals surface area contributed by atoms with Gasteiger partial charge in [0.15, 0.2) is 0 Å². The van der Waals surface area contributed by atoms with Crippen molar-refractivity contribution < 1.29 is 14.4 Å². The van der Waals surface area contributed by atoms with Crippen molar-refractivity contribution in [1.29, 1.82) is 0 Å². The lowest BCUT2D eigenvalue weighted by molar-refractivity contribution is -0.140. The number of fused-ring (bicyclic) bond motifs is 1. The molecular weight excluding hydrogens is 326 g/mol. The Bertz CT molecular complexity index is 920. The summed E-state index contributed by atoms with van der Waals surface area (Å²) >= 11 is 0. The lowest BCUT2D eigenvalue weighted by Gasteiger charge is -2.43. The number of carbonyl (C=O) groups is 3. The fourth-order valence-electron chi connectivity index (χ4n) is 5.13. The third-order valence-electron chi connectivity index (χ3n) is 6.25. The number of nitrogens with zero attached hydrogens (tertiary/aromatic N) is 1. The minimum Gasteiger partial charge on any atom is -0.299 e. The maximum absolute atomic E-state index is 13.1. The minimum absolute atomic E-state index is 0.0899. The van der Waals surface area contributed by atoms with Gasteiger partial charge >= 0.3 is 0 Å². The summed E-state index contributed by atoms with van der Waals surface area (Å²) in [5, 5.41) is 0. The zero-order valence-corrected chi connectivity index (χ0v) is 14.3. The molecule has 4 aliphatic rings. The first-order valence-electron chi connectivity index (χ1n) is 9.17. The molecule has 2 bridgehead atoms. The van der Waals surface area contributed by atoms with E-state index < -0.39 is 11.8 Å². The van der Waals surface area contributed by atoms with E-state index in [-0.39, 0.29) is 29.4 Å². The zero-order chi connectivity index (χ0) is 17.8. The number of Topliss-reactive ketones (excluding diaryl/α,β-unsaturated/α-hetero) is 1. The second kappa shape index (κ2) is 5.63. The molecule has 4 nitrogen and oxygen atoms in total. The summed E-state index contributed by atoms with van der Waals surface area (Å²) in [6, 6.07) is 17.7. The number of amides is 2. The first-order valence-corrected chi connectivity index (χ1v) is 9.17. The Kier molecular flexibility index (Phi) is 3.36. The van der Waals surface area contributed by atoms with Gasteiger partial charge in [-0.3, -0.25) is 19.3 Å². The van der Waals surface area contributed by atoms with Gasteiger partial charge in [0.1, 0.15) is 5.78 Å². The number of imide groups is 1. The molecule has 1 saturated carbocycles. The molecule has 0 aromatic heterocycles. The Morgan fingerprint density at radius 3 is 2.23 bits per heavy atom. The average Bonchev–Trinajstić information content (AvgIpc) is 2.93. The topological polar surface area (TPSA) is 54.5 Å². The van der Waals surface area contributed by atoms with E-state index in [9.17, 15) is 14.4 Å². The maximum Gasteiger partial charge on any atom is 0.234 e. The standard InChI is InChI=1S/C22H19NO3/c24-17-12-16-14-8-4-5-9-15(14)18(17)20-19(16)21(25)23(22(20)26)11-10-13-6-2-1-3-7-13/h1-9,16,18-20H,10-12H2/t16-,18-,19-,20+/m1/s1. The largest absolute Gasteiger partial charge is 0.299 e. The van der Waals surface area contributed by atoms with Crippen LogP contribution in [0.25, 0.3) is 0 Å². The molecule has 0 N–H and O–H groups in total. The highest BCUT2D eigenvalue weighted by atomic mass is 16.2. The summed E-state index contributed by atoms with van der Waals surface area (Å²) in [4.78, 5) is 40.2. The third kappa shape index (κ3) is 2.05. The van der Waals surface area contributed by atoms with Crippen LogP contribution in [0.15, 0.2) is 54.6 Å². The summed E-state index contributed by atoms with van der Waals surface area (Å²) < 4.78 is 0. The van der Waals surface area contributed by atoms with Gasteiger partial charge in [-0.2, -0.15) is 0 Å². The smallest absolute Gasteiger partial charge is 0.234 e. The molecule has 130 valence electrons. The molecule has 0 spiro atoms. The summed E-state index contributed by atoms with van der Waals surface area (Å²) in [6.07, 6.45) is 1.03. The number of carbonyl (C=O) groups excluding carboxylic acids is 3. The van der Waals surface area contributed by atoms with Crippen LogP contribution in [0, 0.1) is 11.8 Å². The van der Waals surface area contributed by atoms with Crippen LogP contribution in [0.1, 0.15) is 34.9 Å². The molecule has 1 saturated heterocycles. The first kappa shape index (κ1) is 15.5. The Morgan fingerprint density at radius 1 is 0.808 bits per heavy atom. The van der Waals surface area contributed by atoms with Gasteiger partial charge in [-0.1, -0.05) is 54.6 Å². The van der Waals surface area contributed by atoms with Crippen molar-refractivity contribution in [3.8, 4) is 0 Å². The molecule has 0 unspecified atom stereocenters. The second-order valence-corrected chi connectivity index (χ2v) is 7.50. The van der Waals surface area contributed by atoms with E-state index in [0.29, 0.717) is 19.4 Å². The van der Waals surface area contributed by atoms with Crippen LogP contribution in [0.5, 0.6) is 0 Å². The van der Waals surface area contributed by atoms with E-state index >= 15 is 0 Å². The number of hydrogen-bond acceptors (Lipinski definition) is 3. The van der Waals surface area contributed by atoms with Gasteiger partial charge in [-0.25, -0.2) is 0 Å². The Balaban J connectivity index is 1.48. The first-order chi connectivity index (χ1) is 12.7. The summed E-state index contributed by atoms with van der Waals surface area (Å²) in [6.45, 7) is 0.388. The monoisotopic (exact) mass is 345 g/mol. The maximum atomic E-state index is 13.1. The van der Waals surface area contributed by atoms with E-state index in [0.717, 1.165) is 16.7 Å². The van der Waals surface area contributed by atoms with Crippen LogP contribution in [0.4, 0.5) is 0 Å². The van der Waals surface area contributed by atoms with Crippen LogP contribution in [-0.2, 0) is 20.8 Å². The third-order valence-corrected chi connectivity index (χ3v) is 6.25. The summed E-state index contributed by atoms with van der Waals surface area (Å²) in [5.41, 5.74) is 3.15. The summed E-state index contributed by atoms with van der Waals surface area (Å²) in [7, 11) is 0. The van der Waals surface area contributed by atoms with E-state index in [1.54, 1.807) is 0 Å². The highest BCUT2D eigenvalue weighted by Gasteiger charge is 2.62. The van der Waals surface area contributed by atoms with Crippen molar-refractivity contribution in [1.82, 2.24) is 4.90 Å². The van der Waals surface area contributed by atoms with Crippen molar-refractivity contribution in [2.75, 3.05) is 6.54 Å². The number of rotatable bonds is 3. The predicted molar refractivity (Wildman–Crippen MR) is 95.4 cm³/mol. The lowest BCUT2D eigenvalue weighted by atomic mass is 9.56. The highest BCUT2D eigenvalue weighted by Crippen LogP contribution is 2.57. The molecule has 4 heteroatoms. The van der Waals surface area contributed by atoms with Gasteiger partial charge in [0.25, 0.3) is 0 Å². The zero-order valence-electron chi connectivity index (χ0n) is 14.3. The molecule has 1 aliphatic heterocycles. The van der Waals surface area contributed by atoms with Crippen molar-refractivity contribution in [2.24, 2.45) is 11.8 Å². The van der Waals surface area contributed by atoms with Crippen LogP contribution in [0.3, 0.4) is 0 Å². The Labute approximate surface area is 151 Å². The van der Waals surface area contributed by atoms with Crippen molar-refractivity contribution in [3.63, 3.8) is 0 Å². The lowest BCUT2D eigenvalue weighted by Crippen LogP contribution is -2.44.